The minimum Gasteiger partial charge on any atom is -0.271 e. The SMILES string of the molecule is NNC(Cc1c(F)cccc1Cl)c1cccc(F)c1. The van der Waals surface area contributed by atoms with Crippen molar-refractivity contribution in [2.24, 2.45) is 5.84 Å². The van der Waals surface area contributed by atoms with Gasteiger partial charge in [0.1, 0.15) is 11.6 Å². The molecule has 100 valence electrons. The molecule has 0 aromatic heterocycles. The van der Waals surface area contributed by atoms with Crippen LogP contribution in [0.15, 0.2) is 42.5 Å². The van der Waals surface area contributed by atoms with E-state index in [9.17, 15) is 8.78 Å². The summed E-state index contributed by atoms with van der Waals surface area (Å²) in [5.74, 6) is 4.70. The van der Waals surface area contributed by atoms with E-state index in [1.54, 1.807) is 18.2 Å². The first-order chi connectivity index (χ1) is 9.11. The van der Waals surface area contributed by atoms with Crippen LogP contribution in [0.1, 0.15) is 17.2 Å². The maximum atomic E-state index is 13.7. The molecule has 0 saturated heterocycles. The molecule has 0 aliphatic carbocycles. The zero-order valence-corrected chi connectivity index (χ0v) is 10.8. The number of benzene rings is 2. The summed E-state index contributed by atoms with van der Waals surface area (Å²) in [7, 11) is 0. The number of nitrogens with one attached hydrogen (secondary N) is 1. The molecular formula is C14H13ClF2N2. The lowest BCUT2D eigenvalue weighted by molar-refractivity contribution is 0.525. The number of hydrazine groups is 1. The average Bonchev–Trinajstić information content (AvgIpc) is 2.38. The van der Waals surface area contributed by atoms with Crippen molar-refractivity contribution in [1.29, 1.82) is 0 Å². The third-order valence-electron chi connectivity index (χ3n) is 2.92. The van der Waals surface area contributed by atoms with E-state index in [1.165, 1.54) is 24.3 Å². The van der Waals surface area contributed by atoms with Crippen LogP contribution in [0.3, 0.4) is 0 Å². The zero-order chi connectivity index (χ0) is 13.8. The highest BCUT2D eigenvalue weighted by atomic mass is 35.5. The third-order valence-corrected chi connectivity index (χ3v) is 3.28. The smallest absolute Gasteiger partial charge is 0.127 e. The Kier molecular flexibility index (Phi) is 4.47. The summed E-state index contributed by atoms with van der Waals surface area (Å²) in [5.41, 5.74) is 3.55. The lowest BCUT2D eigenvalue weighted by atomic mass is 9.99. The fraction of sp³-hybridized carbons (Fsp3) is 0.143. The number of hydrogen-bond donors (Lipinski definition) is 2. The Labute approximate surface area is 115 Å². The topological polar surface area (TPSA) is 38.0 Å². The first-order valence-electron chi connectivity index (χ1n) is 5.76. The molecule has 0 aliphatic rings. The molecule has 0 spiro atoms. The summed E-state index contributed by atoms with van der Waals surface area (Å²) < 4.78 is 26.9. The fourth-order valence-electron chi connectivity index (χ4n) is 1.93. The molecule has 19 heavy (non-hydrogen) atoms. The van der Waals surface area contributed by atoms with Crippen molar-refractivity contribution >= 4 is 11.6 Å². The van der Waals surface area contributed by atoms with E-state index in [4.69, 9.17) is 17.4 Å². The van der Waals surface area contributed by atoms with Gasteiger partial charge in [0.05, 0.1) is 6.04 Å². The molecule has 0 fully saturated rings. The molecule has 1 atom stereocenters. The number of rotatable bonds is 4. The van der Waals surface area contributed by atoms with Crippen LogP contribution in [0.4, 0.5) is 8.78 Å². The molecule has 2 rings (SSSR count). The molecule has 0 heterocycles. The average molecular weight is 283 g/mol. The Morgan fingerprint density at radius 2 is 1.89 bits per heavy atom. The monoisotopic (exact) mass is 282 g/mol. The van der Waals surface area contributed by atoms with Crippen molar-refractivity contribution in [2.75, 3.05) is 0 Å². The number of nitrogens with two attached hydrogens (primary N) is 1. The Bertz CT molecular complexity index is 555. The molecule has 0 radical (unpaired) electrons. The van der Waals surface area contributed by atoms with Crippen molar-refractivity contribution < 1.29 is 8.78 Å². The lowest BCUT2D eigenvalue weighted by Crippen LogP contribution is -2.30. The minimum absolute atomic E-state index is 0.242. The second-order valence-electron chi connectivity index (χ2n) is 4.18. The Hall–Kier alpha value is -1.49. The first-order valence-corrected chi connectivity index (χ1v) is 6.14. The van der Waals surface area contributed by atoms with Gasteiger partial charge in [-0.05, 0) is 36.2 Å². The molecule has 1 unspecified atom stereocenters. The van der Waals surface area contributed by atoms with Gasteiger partial charge in [0, 0.05) is 10.6 Å². The molecule has 0 aliphatic heterocycles. The van der Waals surface area contributed by atoms with Gasteiger partial charge in [-0.15, -0.1) is 0 Å². The molecule has 0 bridgehead atoms. The molecule has 5 heteroatoms. The van der Waals surface area contributed by atoms with Crippen LogP contribution < -0.4 is 11.3 Å². The van der Waals surface area contributed by atoms with Crippen LogP contribution in [0.25, 0.3) is 0 Å². The summed E-state index contributed by atoms with van der Waals surface area (Å²) in [6.45, 7) is 0. The number of hydrogen-bond acceptors (Lipinski definition) is 2. The van der Waals surface area contributed by atoms with Crippen LogP contribution in [-0.4, -0.2) is 0 Å². The van der Waals surface area contributed by atoms with E-state index in [-0.39, 0.29) is 12.2 Å². The van der Waals surface area contributed by atoms with Gasteiger partial charge in [-0.1, -0.05) is 29.8 Å². The molecule has 0 saturated carbocycles. The van der Waals surface area contributed by atoms with E-state index < -0.39 is 11.9 Å². The highest BCUT2D eigenvalue weighted by Crippen LogP contribution is 2.25. The molecule has 3 N–H and O–H groups in total. The van der Waals surface area contributed by atoms with Crippen molar-refractivity contribution in [2.45, 2.75) is 12.5 Å². The second-order valence-corrected chi connectivity index (χ2v) is 4.59. The van der Waals surface area contributed by atoms with Crippen molar-refractivity contribution in [1.82, 2.24) is 5.43 Å². The van der Waals surface area contributed by atoms with Crippen LogP contribution >= 0.6 is 11.6 Å². The summed E-state index contributed by atoms with van der Waals surface area (Å²) in [6.07, 6.45) is 0.242. The lowest BCUT2D eigenvalue weighted by Gasteiger charge is -2.17. The normalized spacial score (nSPS) is 12.4. The predicted octanol–water partition coefficient (Wildman–Crippen LogP) is 3.37. The predicted molar refractivity (Wildman–Crippen MR) is 71.6 cm³/mol. The molecule has 2 nitrogen and oxygen atoms in total. The maximum absolute atomic E-state index is 13.7. The standard InChI is InChI=1S/C14H13ClF2N2/c15-12-5-2-6-13(17)11(12)8-14(19-18)9-3-1-4-10(16)7-9/h1-7,14,19H,8,18H2. The molecular weight excluding hydrogens is 270 g/mol. The van der Waals surface area contributed by atoms with Gasteiger partial charge >= 0.3 is 0 Å². The molecule has 0 amide bonds. The van der Waals surface area contributed by atoms with Gasteiger partial charge in [0.25, 0.3) is 0 Å². The van der Waals surface area contributed by atoms with Gasteiger partial charge in [-0.2, -0.15) is 0 Å². The first kappa shape index (κ1) is 13.9. The largest absolute Gasteiger partial charge is 0.271 e. The van der Waals surface area contributed by atoms with E-state index in [0.717, 1.165) is 0 Å². The Balaban J connectivity index is 2.29. The van der Waals surface area contributed by atoms with Crippen LogP contribution in [0, 0.1) is 11.6 Å². The van der Waals surface area contributed by atoms with E-state index in [0.29, 0.717) is 16.1 Å². The van der Waals surface area contributed by atoms with Crippen LogP contribution in [0.2, 0.25) is 5.02 Å². The highest BCUT2D eigenvalue weighted by molar-refractivity contribution is 6.31. The van der Waals surface area contributed by atoms with Crippen molar-refractivity contribution in [3.8, 4) is 0 Å². The van der Waals surface area contributed by atoms with Gasteiger partial charge in [0.2, 0.25) is 0 Å². The van der Waals surface area contributed by atoms with Crippen molar-refractivity contribution in [3.05, 3.63) is 70.2 Å². The number of halogens is 3. The van der Waals surface area contributed by atoms with Gasteiger partial charge in [0.15, 0.2) is 0 Å². The minimum atomic E-state index is -0.412. The summed E-state index contributed by atoms with van der Waals surface area (Å²) >= 11 is 5.97. The summed E-state index contributed by atoms with van der Waals surface area (Å²) in [6, 6.07) is 10.1. The summed E-state index contributed by atoms with van der Waals surface area (Å²) in [5, 5.41) is 0.330. The van der Waals surface area contributed by atoms with E-state index >= 15 is 0 Å². The molecule has 2 aromatic rings. The van der Waals surface area contributed by atoms with Crippen molar-refractivity contribution in [3.63, 3.8) is 0 Å². The maximum Gasteiger partial charge on any atom is 0.127 e. The van der Waals surface area contributed by atoms with Gasteiger partial charge in [-0.25, -0.2) is 8.78 Å². The zero-order valence-electron chi connectivity index (χ0n) is 10.0. The quantitative estimate of drug-likeness (QED) is 0.666. The van der Waals surface area contributed by atoms with Crippen LogP contribution in [0.5, 0.6) is 0 Å². The third kappa shape index (κ3) is 3.29. The second kappa shape index (κ2) is 6.10. The van der Waals surface area contributed by atoms with Crippen LogP contribution in [-0.2, 0) is 6.42 Å². The van der Waals surface area contributed by atoms with Gasteiger partial charge in [-0.3, -0.25) is 11.3 Å². The van der Waals surface area contributed by atoms with Gasteiger partial charge < -0.3 is 0 Å². The Morgan fingerprint density at radius 3 is 2.53 bits per heavy atom. The highest BCUT2D eigenvalue weighted by Gasteiger charge is 2.16. The molecule has 2 aromatic carbocycles. The fourth-order valence-corrected chi connectivity index (χ4v) is 2.17. The summed E-state index contributed by atoms with van der Waals surface area (Å²) in [4.78, 5) is 0. The Morgan fingerprint density at radius 1 is 1.16 bits per heavy atom. The van der Waals surface area contributed by atoms with E-state index in [1.807, 2.05) is 0 Å². The van der Waals surface area contributed by atoms with E-state index in [2.05, 4.69) is 5.43 Å².